The van der Waals surface area contributed by atoms with Gasteiger partial charge >= 0.3 is 0 Å². The van der Waals surface area contributed by atoms with E-state index in [4.69, 9.17) is 0 Å². The van der Waals surface area contributed by atoms with Crippen LogP contribution in [0.4, 0.5) is 17.1 Å². The number of nitrogens with zero attached hydrogens (tertiary/aromatic N) is 1. The fourth-order valence-corrected chi connectivity index (χ4v) is 7.67. The molecular weight excluding hydrogens is 639 g/mol. The number of hydrogen-bond donors (Lipinski definition) is 0. The van der Waals surface area contributed by atoms with E-state index in [9.17, 15) is 0 Å². The van der Waals surface area contributed by atoms with Crippen molar-refractivity contribution in [2.24, 2.45) is 0 Å². The van der Waals surface area contributed by atoms with Crippen LogP contribution in [0.3, 0.4) is 0 Å². The van der Waals surface area contributed by atoms with Crippen molar-refractivity contribution in [2.75, 3.05) is 4.90 Å². The molecule has 0 fully saturated rings. The first kappa shape index (κ1) is 32.0. The largest absolute Gasteiger partial charge is 0.311 e. The zero-order valence-electron chi connectivity index (χ0n) is 29.3. The maximum Gasteiger partial charge on any atom is 0.0462 e. The molecule has 9 aromatic carbocycles. The Balaban J connectivity index is 1.31. The molecule has 0 aliphatic heterocycles. The molecule has 0 heterocycles. The zero-order chi connectivity index (χ0) is 35.4. The minimum Gasteiger partial charge on any atom is -0.311 e. The molecule has 1 nitrogen and oxygen atoms in total. The molecule has 0 spiro atoms. The quantitative estimate of drug-likeness (QED) is 0.155. The summed E-state index contributed by atoms with van der Waals surface area (Å²) in [4.78, 5) is 2.31. The molecule has 0 aliphatic carbocycles. The topological polar surface area (TPSA) is 3.24 Å². The Morgan fingerprint density at radius 2 is 0.528 bits per heavy atom. The van der Waals surface area contributed by atoms with Crippen LogP contribution in [0.1, 0.15) is 0 Å². The Morgan fingerprint density at radius 1 is 0.208 bits per heavy atom. The Bertz CT molecular complexity index is 2560. The lowest BCUT2D eigenvalue weighted by atomic mass is 9.78. The molecule has 0 N–H and O–H groups in total. The van der Waals surface area contributed by atoms with Crippen LogP contribution in [0.5, 0.6) is 0 Å². The molecule has 9 aromatic rings. The van der Waals surface area contributed by atoms with Crippen LogP contribution in [0.2, 0.25) is 0 Å². The molecule has 0 bridgehead atoms. The van der Waals surface area contributed by atoms with Crippen molar-refractivity contribution in [3.05, 3.63) is 224 Å². The minimum absolute atomic E-state index is 1.11. The third-order valence-corrected chi connectivity index (χ3v) is 10.0. The van der Waals surface area contributed by atoms with Crippen molar-refractivity contribution in [2.45, 2.75) is 0 Å². The third kappa shape index (κ3) is 6.20. The molecule has 0 amide bonds. The van der Waals surface area contributed by atoms with Gasteiger partial charge < -0.3 is 4.90 Å². The number of rotatable bonds is 8. The molecule has 250 valence electrons. The standard InChI is InChI=1S/C52H37N/c1-7-19-39(20-8-1)49-47-36-33-43(38-31-34-46(35-32-38)53(44-27-15-5-16-28-44)45-29-17-6-18-30-45)37-48(47)50(40-21-9-2-10-22-40)52(42-25-13-4-14-26-42)51(49)41-23-11-3-12-24-41/h1-37H. The van der Waals surface area contributed by atoms with Crippen molar-refractivity contribution in [1.82, 2.24) is 0 Å². The molecule has 0 aromatic heterocycles. The molecule has 0 aliphatic rings. The van der Waals surface area contributed by atoms with E-state index >= 15 is 0 Å². The van der Waals surface area contributed by atoms with Crippen LogP contribution in [-0.4, -0.2) is 0 Å². The fraction of sp³-hybridized carbons (Fsp3) is 0. The van der Waals surface area contributed by atoms with Crippen molar-refractivity contribution >= 4 is 27.8 Å². The Labute approximate surface area is 311 Å². The molecule has 0 saturated carbocycles. The predicted molar refractivity (Wildman–Crippen MR) is 226 cm³/mol. The van der Waals surface area contributed by atoms with Crippen LogP contribution in [0, 0.1) is 0 Å². The van der Waals surface area contributed by atoms with E-state index < -0.39 is 0 Å². The maximum atomic E-state index is 2.41. The number of anilines is 3. The molecular formula is C52H37N. The third-order valence-electron chi connectivity index (χ3n) is 10.0. The van der Waals surface area contributed by atoms with E-state index in [0.717, 1.165) is 17.1 Å². The highest BCUT2D eigenvalue weighted by Gasteiger charge is 2.24. The monoisotopic (exact) mass is 675 g/mol. The second-order valence-electron chi connectivity index (χ2n) is 13.3. The summed E-state index contributed by atoms with van der Waals surface area (Å²) < 4.78 is 0. The molecule has 0 unspecified atom stereocenters. The van der Waals surface area contributed by atoms with Crippen LogP contribution in [-0.2, 0) is 0 Å². The smallest absolute Gasteiger partial charge is 0.0462 e. The summed E-state index contributed by atoms with van der Waals surface area (Å²) in [5, 5.41) is 2.46. The Hall–Kier alpha value is -6.96. The summed E-state index contributed by atoms with van der Waals surface area (Å²) in [6.07, 6.45) is 0. The first-order chi connectivity index (χ1) is 26.3. The summed E-state index contributed by atoms with van der Waals surface area (Å²) in [6.45, 7) is 0. The van der Waals surface area contributed by atoms with Crippen LogP contribution < -0.4 is 4.90 Å². The fourth-order valence-electron chi connectivity index (χ4n) is 7.67. The normalized spacial score (nSPS) is 11.0. The lowest BCUT2D eigenvalue weighted by Crippen LogP contribution is -2.09. The second kappa shape index (κ2) is 14.3. The average molecular weight is 676 g/mol. The first-order valence-corrected chi connectivity index (χ1v) is 18.2. The van der Waals surface area contributed by atoms with Gasteiger partial charge in [-0.3, -0.25) is 0 Å². The molecule has 0 atom stereocenters. The van der Waals surface area contributed by atoms with Crippen molar-refractivity contribution in [1.29, 1.82) is 0 Å². The summed E-state index contributed by atoms with van der Waals surface area (Å²) in [5.41, 5.74) is 15.5. The van der Waals surface area contributed by atoms with Gasteiger partial charge in [0.15, 0.2) is 0 Å². The highest BCUT2D eigenvalue weighted by Crippen LogP contribution is 2.51. The van der Waals surface area contributed by atoms with Gasteiger partial charge in [0, 0.05) is 17.1 Å². The predicted octanol–water partition coefficient (Wildman–Crippen LogP) is 14.6. The Kier molecular flexibility index (Phi) is 8.66. The number of benzene rings is 9. The van der Waals surface area contributed by atoms with E-state index in [1.807, 2.05) is 0 Å². The maximum absolute atomic E-state index is 2.41. The Morgan fingerprint density at radius 3 is 0.943 bits per heavy atom. The van der Waals surface area contributed by atoms with Gasteiger partial charge in [-0.15, -0.1) is 0 Å². The highest BCUT2D eigenvalue weighted by molar-refractivity contribution is 6.18. The molecule has 9 rings (SSSR count). The van der Waals surface area contributed by atoms with Gasteiger partial charge in [-0.1, -0.05) is 182 Å². The van der Waals surface area contributed by atoms with Crippen LogP contribution in [0.15, 0.2) is 224 Å². The van der Waals surface area contributed by atoms with E-state index in [0.29, 0.717) is 0 Å². The average Bonchev–Trinajstić information content (AvgIpc) is 3.25. The number of fused-ring (bicyclic) bond motifs is 1. The molecule has 0 saturated heterocycles. The van der Waals surface area contributed by atoms with Crippen molar-refractivity contribution in [3.8, 4) is 55.6 Å². The van der Waals surface area contributed by atoms with Gasteiger partial charge in [-0.2, -0.15) is 0 Å². The summed E-state index contributed by atoms with van der Waals surface area (Å²) in [7, 11) is 0. The van der Waals surface area contributed by atoms with Crippen LogP contribution in [0.25, 0.3) is 66.4 Å². The van der Waals surface area contributed by atoms with E-state index in [-0.39, 0.29) is 0 Å². The molecule has 53 heavy (non-hydrogen) atoms. The number of para-hydroxylation sites is 2. The second-order valence-corrected chi connectivity index (χ2v) is 13.3. The molecule has 1 heteroatoms. The highest BCUT2D eigenvalue weighted by atomic mass is 15.1. The van der Waals surface area contributed by atoms with E-state index in [2.05, 4.69) is 229 Å². The van der Waals surface area contributed by atoms with Gasteiger partial charge in [0.2, 0.25) is 0 Å². The minimum atomic E-state index is 1.11. The lowest BCUT2D eigenvalue weighted by Gasteiger charge is -2.26. The zero-order valence-corrected chi connectivity index (χ0v) is 29.3. The van der Waals surface area contributed by atoms with Crippen molar-refractivity contribution < 1.29 is 0 Å². The van der Waals surface area contributed by atoms with Crippen LogP contribution >= 0.6 is 0 Å². The summed E-state index contributed by atoms with van der Waals surface area (Å²) in [6, 6.07) is 80.8. The van der Waals surface area contributed by atoms with Gasteiger partial charge in [0.05, 0.1) is 0 Å². The van der Waals surface area contributed by atoms with Gasteiger partial charge in [0.25, 0.3) is 0 Å². The van der Waals surface area contributed by atoms with Gasteiger partial charge in [-0.05, 0) is 109 Å². The van der Waals surface area contributed by atoms with E-state index in [1.165, 1.54) is 66.4 Å². The number of hydrogen-bond acceptors (Lipinski definition) is 1. The van der Waals surface area contributed by atoms with E-state index in [1.54, 1.807) is 0 Å². The van der Waals surface area contributed by atoms with Crippen molar-refractivity contribution in [3.63, 3.8) is 0 Å². The van der Waals surface area contributed by atoms with Gasteiger partial charge in [-0.25, -0.2) is 0 Å². The summed E-state index contributed by atoms with van der Waals surface area (Å²) >= 11 is 0. The first-order valence-electron chi connectivity index (χ1n) is 18.2. The SMILES string of the molecule is c1ccc(-c2c(-c3ccccc3)c(-c3ccccc3)c3cc(-c4ccc(N(c5ccccc5)c5ccccc5)cc4)ccc3c2-c2ccccc2)cc1. The van der Waals surface area contributed by atoms with Gasteiger partial charge in [0.1, 0.15) is 0 Å². The molecule has 0 radical (unpaired) electrons. The lowest BCUT2D eigenvalue weighted by molar-refractivity contribution is 1.28. The summed E-state index contributed by atoms with van der Waals surface area (Å²) in [5.74, 6) is 0.